The lowest BCUT2D eigenvalue weighted by Gasteiger charge is -2.19. The van der Waals surface area contributed by atoms with Crippen LogP contribution in [0.2, 0.25) is 0 Å². The van der Waals surface area contributed by atoms with Crippen molar-refractivity contribution < 1.29 is 11.0 Å². The molecule has 0 aromatic heterocycles. The van der Waals surface area contributed by atoms with E-state index in [1.165, 1.54) is 32.1 Å². The molecule has 7 heteroatoms. The van der Waals surface area contributed by atoms with E-state index >= 15 is 0 Å². The summed E-state index contributed by atoms with van der Waals surface area (Å²) in [5.74, 6) is 7.50. The van der Waals surface area contributed by atoms with Gasteiger partial charge in [0.05, 0.1) is 12.6 Å². The molecule has 0 bridgehead atoms. The Kier molecular flexibility index (Phi) is 8.54. The van der Waals surface area contributed by atoms with Crippen LogP contribution in [-0.4, -0.2) is 24.4 Å². The van der Waals surface area contributed by atoms with Crippen LogP contribution >= 0.6 is 0 Å². The zero-order valence-electron chi connectivity index (χ0n) is 16.1. The van der Waals surface area contributed by atoms with Crippen molar-refractivity contribution in [3.05, 3.63) is 23.8 Å². The molecule has 1 aliphatic heterocycles. The van der Waals surface area contributed by atoms with Crippen molar-refractivity contribution in [2.45, 2.75) is 70.3 Å². The first-order valence-corrected chi connectivity index (χ1v) is 9.83. The van der Waals surface area contributed by atoms with E-state index in [0.29, 0.717) is 19.1 Å². The molecule has 27 heavy (non-hydrogen) atoms. The number of hydrogen-bond acceptors (Lipinski definition) is 5. The number of ether oxygens (including phenoxy) is 1. The SMILES string of the molecule is N.NNC(CCCCOc1ccc2c(c1)CCC(=O)N2)=NC1CCCCC1.[HH]. The van der Waals surface area contributed by atoms with Gasteiger partial charge in [-0.25, -0.2) is 5.84 Å². The van der Waals surface area contributed by atoms with E-state index in [9.17, 15) is 4.79 Å². The Labute approximate surface area is 163 Å². The number of hydrazine groups is 1. The van der Waals surface area contributed by atoms with Gasteiger partial charge in [-0.1, -0.05) is 19.3 Å². The maximum absolute atomic E-state index is 11.4. The second-order valence-electron chi connectivity index (χ2n) is 7.18. The highest BCUT2D eigenvalue weighted by Crippen LogP contribution is 2.27. The summed E-state index contributed by atoms with van der Waals surface area (Å²) in [4.78, 5) is 16.2. The smallest absolute Gasteiger partial charge is 0.224 e. The molecule has 0 spiro atoms. The molecule has 3 rings (SSSR count). The molecule has 152 valence electrons. The number of nitrogens with zero attached hydrogens (tertiary/aromatic N) is 1. The summed E-state index contributed by atoms with van der Waals surface area (Å²) in [6.45, 7) is 0.673. The third-order valence-electron chi connectivity index (χ3n) is 5.13. The number of aryl methyl sites for hydroxylation is 1. The molecular formula is C20H35N5O2. The quantitative estimate of drug-likeness (QED) is 0.189. The number of hydrogen-bond donors (Lipinski definition) is 4. The van der Waals surface area contributed by atoms with Crippen molar-refractivity contribution in [3.63, 3.8) is 0 Å². The van der Waals surface area contributed by atoms with Crippen LogP contribution in [0.4, 0.5) is 5.69 Å². The van der Waals surface area contributed by atoms with Gasteiger partial charge in [0, 0.05) is 20.0 Å². The third-order valence-corrected chi connectivity index (χ3v) is 5.13. The van der Waals surface area contributed by atoms with Crippen molar-refractivity contribution in [3.8, 4) is 5.75 Å². The second kappa shape index (κ2) is 10.9. The number of amides is 1. The van der Waals surface area contributed by atoms with Crippen LogP contribution in [0.3, 0.4) is 0 Å². The summed E-state index contributed by atoms with van der Waals surface area (Å²) in [6.07, 6.45) is 10.4. The van der Waals surface area contributed by atoms with Gasteiger partial charge in [-0.05, 0) is 55.9 Å². The van der Waals surface area contributed by atoms with E-state index in [1.54, 1.807) is 0 Å². The van der Waals surface area contributed by atoms with Crippen molar-refractivity contribution in [2.75, 3.05) is 11.9 Å². The monoisotopic (exact) mass is 377 g/mol. The lowest BCUT2D eigenvalue weighted by atomic mass is 9.96. The number of nitrogens with one attached hydrogen (secondary N) is 2. The van der Waals surface area contributed by atoms with Crippen LogP contribution in [-0.2, 0) is 11.2 Å². The second-order valence-corrected chi connectivity index (χ2v) is 7.18. The number of nitrogens with two attached hydrogens (primary N) is 1. The van der Waals surface area contributed by atoms with Gasteiger partial charge in [0.25, 0.3) is 0 Å². The lowest BCUT2D eigenvalue weighted by Crippen LogP contribution is -2.32. The van der Waals surface area contributed by atoms with Crippen LogP contribution < -0.4 is 27.5 Å². The Hall–Kier alpha value is -2.12. The number of amidine groups is 1. The highest BCUT2D eigenvalue weighted by atomic mass is 16.5. The molecule has 1 aliphatic carbocycles. The summed E-state index contributed by atoms with van der Waals surface area (Å²) < 4.78 is 5.86. The first-order chi connectivity index (χ1) is 12.7. The molecule has 1 saturated carbocycles. The molecule has 1 fully saturated rings. The fourth-order valence-corrected chi connectivity index (χ4v) is 3.64. The first-order valence-electron chi connectivity index (χ1n) is 9.83. The number of anilines is 1. The van der Waals surface area contributed by atoms with E-state index in [4.69, 9.17) is 15.6 Å². The van der Waals surface area contributed by atoms with Crippen molar-refractivity contribution in [1.82, 2.24) is 11.6 Å². The molecular weight excluding hydrogens is 342 g/mol. The van der Waals surface area contributed by atoms with E-state index in [1.807, 2.05) is 18.2 Å². The van der Waals surface area contributed by atoms with Crippen LogP contribution in [0.25, 0.3) is 0 Å². The van der Waals surface area contributed by atoms with Crippen molar-refractivity contribution in [1.29, 1.82) is 0 Å². The lowest BCUT2D eigenvalue weighted by molar-refractivity contribution is -0.116. The minimum absolute atomic E-state index is 0. The minimum Gasteiger partial charge on any atom is -0.494 e. The Balaban J connectivity index is 0.00000196. The average Bonchev–Trinajstić information content (AvgIpc) is 2.67. The number of fused-ring (bicyclic) bond motifs is 1. The molecule has 1 aromatic rings. The van der Waals surface area contributed by atoms with Gasteiger partial charge < -0.3 is 21.6 Å². The third kappa shape index (κ3) is 6.52. The Morgan fingerprint density at radius 3 is 2.85 bits per heavy atom. The predicted octanol–water partition coefficient (Wildman–Crippen LogP) is 3.72. The number of carbonyl (C=O) groups excluding carboxylic acids is 1. The zero-order chi connectivity index (χ0) is 18.2. The van der Waals surface area contributed by atoms with Gasteiger partial charge in [0.15, 0.2) is 0 Å². The van der Waals surface area contributed by atoms with E-state index in [2.05, 4.69) is 10.7 Å². The van der Waals surface area contributed by atoms with Gasteiger partial charge in [-0.15, -0.1) is 0 Å². The summed E-state index contributed by atoms with van der Waals surface area (Å²) in [6, 6.07) is 6.32. The molecule has 1 amide bonds. The van der Waals surface area contributed by atoms with Crippen molar-refractivity contribution >= 4 is 17.4 Å². The maximum Gasteiger partial charge on any atom is 0.224 e. The summed E-state index contributed by atoms with van der Waals surface area (Å²) >= 11 is 0. The molecule has 7 nitrogen and oxygen atoms in total. The molecule has 0 unspecified atom stereocenters. The Bertz CT molecular complexity index is 647. The maximum atomic E-state index is 11.4. The Morgan fingerprint density at radius 1 is 1.26 bits per heavy atom. The molecule has 0 radical (unpaired) electrons. The van der Waals surface area contributed by atoms with Crippen LogP contribution in [0.1, 0.15) is 64.8 Å². The fraction of sp³-hybridized carbons (Fsp3) is 0.600. The molecule has 2 aliphatic rings. The highest BCUT2D eigenvalue weighted by Gasteiger charge is 2.15. The fourth-order valence-electron chi connectivity index (χ4n) is 3.64. The summed E-state index contributed by atoms with van der Waals surface area (Å²) in [7, 11) is 0. The number of rotatable bonds is 7. The highest BCUT2D eigenvalue weighted by molar-refractivity contribution is 5.94. The predicted molar refractivity (Wildman–Crippen MR) is 112 cm³/mol. The zero-order valence-corrected chi connectivity index (χ0v) is 16.1. The first kappa shape index (κ1) is 21.2. The van der Waals surface area contributed by atoms with Crippen LogP contribution in [0, 0.1) is 0 Å². The molecule has 0 atom stereocenters. The van der Waals surface area contributed by atoms with Gasteiger partial charge >= 0.3 is 0 Å². The Morgan fingerprint density at radius 2 is 2.07 bits per heavy atom. The number of unbranched alkanes of at least 4 members (excludes halogenated alkanes) is 1. The topological polar surface area (TPSA) is 124 Å². The van der Waals surface area contributed by atoms with E-state index in [-0.39, 0.29) is 13.5 Å². The van der Waals surface area contributed by atoms with E-state index in [0.717, 1.165) is 48.5 Å². The summed E-state index contributed by atoms with van der Waals surface area (Å²) in [5.41, 5.74) is 4.83. The standard InChI is InChI=1S/C20H30N4O2.H3N.H2/c21-24-19(22-16-6-2-1-3-7-16)8-4-5-13-26-17-10-11-18-15(14-17)9-12-20(25)23-18;;/h10-11,14,16H,1-9,12-13,21H2,(H,22,24)(H,23,25);1H3;1H. The van der Waals surface area contributed by atoms with Gasteiger partial charge in [0.2, 0.25) is 5.91 Å². The molecule has 0 saturated heterocycles. The number of benzene rings is 1. The largest absolute Gasteiger partial charge is 0.494 e. The minimum atomic E-state index is 0. The average molecular weight is 378 g/mol. The van der Waals surface area contributed by atoms with Crippen LogP contribution in [0.15, 0.2) is 23.2 Å². The number of carbonyl (C=O) groups is 1. The van der Waals surface area contributed by atoms with E-state index < -0.39 is 0 Å². The summed E-state index contributed by atoms with van der Waals surface area (Å²) in [5, 5.41) is 2.89. The van der Waals surface area contributed by atoms with Gasteiger partial charge in [-0.2, -0.15) is 0 Å². The molecule has 1 heterocycles. The van der Waals surface area contributed by atoms with Gasteiger partial charge in [0.1, 0.15) is 11.6 Å². The molecule has 1 aromatic carbocycles. The normalized spacial score (nSPS) is 17.5. The van der Waals surface area contributed by atoms with Crippen molar-refractivity contribution in [2.24, 2.45) is 10.8 Å². The van der Waals surface area contributed by atoms with Crippen LogP contribution in [0.5, 0.6) is 5.75 Å². The van der Waals surface area contributed by atoms with Gasteiger partial charge in [-0.3, -0.25) is 9.79 Å². The number of aliphatic imine (C=N–C) groups is 1. The molecule has 7 N–H and O–H groups in total.